The molecule has 6 heteroatoms. The molecule has 1 aromatic heterocycles. The highest BCUT2D eigenvalue weighted by atomic mass is 16.5. The van der Waals surface area contributed by atoms with Crippen LogP contribution >= 0.6 is 0 Å². The third kappa shape index (κ3) is 3.81. The van der Waals surface area contributed by atoms with Crippen molar-refractivity contribution in [1.82, 2.24) is 4.90 Å². The fourth-order valence-electron chi connectivity index (χ4n) is 3.78. The van der Waals surface area contributed by atoms with Crippen LogP contribution in [0.15, 0.2) is 42.6 Å². The molecular weight excluding hydrogens is 354 g/mol. The quantitative estimate of drug-likeness (QED) is 0.763. The molecule has 1 aromatic carbocycles. The molecule has 2 aromatic rings. The van der Waals surface area contributed by atoms with Gasteiger partial charge in [-0.15, -0.1) is 0 Å². The third-order valence-corrected chi connectivity index (χ3v) is 5.28. The number of ether oxygens (including phenoxy) is 2. The minimum atomic E-state index is 0.0218. The van der Waals surface area contributed by atoms with E-state index in [1.807, 2.05) is 41.4 Å². The molecule has 2 aliphatic heterocycles. The van der Waals surface area contributed by atoms with Crippen LogP contribution in [0.1, 0.15) is 18.1 Å². The highest BCUT2D eigenvalue weighted by molar-refractivity contribution is 5.92. The molecule has 0 unspecified atom stereocenters. The van der Waals surface area contributed by atoms with Crippen LogP contribution in [0, 0.1) is 0 Å². The molecule has 1 N–H and O–H groups in total. The first-order chi connectivity index (χ1) is 13.6. The number of piperazine rings is 1. The lowest BCUT2D eigenvalue weighted by Crippen LogP contribution is -2.49. The van der Waals surface area contributed by atoms with Crippen LogP contribution in [0.3, 0.4) is 0 Å². The maximum absolute atomic E-state index is 12.6. The number of anilines is 1. The Kier molecular flexibility index (Phi) is 5.19. The summed E-state index contributed by atoms with van der Waals surface area (Å²) in [7, 11) is 1.65. The zero-order valence-electron chi connectivity index (χ0n) is 16.4. The van der Waals surface area contributed by atoms with E-state index in [-0.39, 0.29) is 12.0 Å². The summed E-state index contributed by atoms with van der Waals surface area (Å²) in [5.74, 6) is 2.76. The first-order valence-corrected chi connectivity index (χ1v) is 9.70. The van der Waals surface area contributed by atoms with E-state index < -0.39 is 0 Å². The fraction of sp³-hybridized carbons (Fsp3) is 0.364. The summed E-state index contributed by atoms with van der Waals surface area (Å²) in [4.78, 5) is 20.0. The second-order valence-corrected chi connectivity index (χ2v) is 7.23. The van der Waals surface area contributed by atoms with Gasteiger partial charge in [0.1, 0.15) is 30.7 Å². The predicted molar refractivity (Wildman–Crippen MR) is 108 cm³/mol. The first-order valence-electron chi connectivity index (χ1n) is 9.70. The van der Waals surface area contributed by atoms with Gasteiger partial charge in [-0.25, -0.2) is 4.98 Å². The minimum absolute atomic E-state index is 0.0218. The molecular formula is C22H26N3O3+. The first kappa shape index (κ1) is 18.3. The average Bonchev–Trinajstić information content (AvgIpc) is 3.10. The molecule has 0 aliphatic carbocycles. The third-order valence-electron chi connectivity index (χ3n) is 5.28. The van der Waals surface area contributed by atoms with Gasteiger partial charge >= 0.3 is 0 Å². The monoisotopic (exact) mass is 380 g/mol. The molecule has 1 fully saturated rings. The topological polar surface area (TPSA) is 56.2 Å². The van der Waals surface area contributed by atoms with E-state index >= 15 is 0 Å². The van der Waals surface area contributed by atoms with Crippen molar-refractivity contribution in [2.24, 2.45) is 0 Å². The van der Waals surface area contributed by atoms with Gasteiger partial charge in [0.05, 0.1) is 26.4 Å². The summed E-state index contributed by atoms with van der Waals surface area (Å²) < 4.78 is 11.3. The molecule has 28 heavy (non-hydrogen) atoms. The minimum Gasteiger partial charge on any atom is -0.496 e. The number of carbonyl (C=O) groups excluding carboxylic acids is 1. The summed E-state index contributed by atoms with van der Waals surface area (Å²) in [6.45, 7) is 5.09. The fourth-order valence-corrected chi connectivity index (χ4v) is 3.78. The van der Waals surface area contributed by atoms with E-state index in [1.165, 1.54) is 0 Å². The number of benzene rings is 1. The summed E-state index contributed by atoms with van der Waals surface area (Å²) >= 11 is 0. The van der Waals surface area contributed by atoms with Crippen LogP contribution in [-0.4, -0.2) is 50.2 Å². The Hall–Kier alpha value is -3.02. The number of carbonyl (C=O) groups is 1. The van der Waals surface area contributed by atoms with Gasteiger partial charge in [0.25, 0.3) is 5.82 Å². The van der Waals surface area contributed by atoms with E-state index in [9.17, 15) is 4.79 Å². The molecule has 4 rings (SSSR count). The Balaban J connectivity index is 1.40. The van der Waals surface area contributed by atoms with Gasteiger partial charge < -0.3 is 14.4 Å². The number of aromatic amines is 1. The number of pyridine rings is 1. The number of nitrogens with one attached hydrogen (secondary N) is 1. The molecule has 1 saturated heterocycles. The van der Waals surface area contributed by atoms with Gasteiger partial charge in [-0.3, -0.25) is 9.69 Å². The Morgan fingerprint density at radius 2 is 2.07 bits per heavy atom. The van der Waals surface area contributed by atoms with E-state index in [1.54, 1.807) is 13.2 Å². The van der Waals surface area contributed by atoms with Crippen molar-refractivity contribution in [2.75, 3.05) is 38.2 Å². The van der Waals surface area contributed by atoms with Gasteiger partial charge in [0, 0.05) is 29.7 Å². The van der Waals surface area contributed by atoms with E-state index in [4.69, 9.17) is 9.47 Å². The lowest BCUT2D eigenvalue weighted by Gasteiger charge is -2.30. The van der Waals surface area contributed by atoms with Crippen LogP contribution in [0.25, 0.3) is 6.08 Å². The molecule has 0 radical (unpaired) electrons. The van der Waals surface area contributed by atoms with Crippen molar-refractivity contribution in [3.8, 4) is 11.5 Å². The van der Waals surface area contributed by atoms with Crippen LogP contribution in [-0.2, 0) is 11.2 Å². The second kappa shape index (κ2) is 7.92. The number of H-pyrrole nitrogens is 1. The van der Waals surface area contributed by atoms with Gasteiger partial charge in [-0.05, 0) is 31.2 Å². The number of nitrogens with zero attached hydrogens (tertiary/aromatic N) is 2. The number of methoxy groups -OCH3 is 1. The summed E-state index contributed by atoms with van der Waals surface area (Å²) in [5.41, 5.74) is 2.02. The Bertz CT molecular complexity index is 874. The van der Waals surface area contributed by atoms with Crippen molar-refractivity contribution in [2.45, 2.75) is 19.4 Å². The molecule has 1 amide bonds. The zero-order valence-corrected chi connectivity index (χ0v) is 16.4. The van der Waals surface area contributed by atoms with Crippen molar-refractivity contribution >= 4 is 17.8 Å². The van der Waals surface area contributed by atoms with Gasteiger partial charge in [-0.1, -0.05) is 6.07 Å². The second-order valence-electron chi connectivity index (χ2n) is 7.23. The lowest BCUT2D eigenvalue weighted by atomic mass is 10.1. The van der Waals surface area contributed by atoms with Crippen LogP contribution in [0.4, 0.5) is 5.82 Å². The number of hydrogen-bond acceptors (Lipinski definition) is 4. The van der Waals surface area contributed by atoms with Crippen LogP contribution in [0.2, 0.25) is 0 Å². The zero-order chi connectivity index (χ0) is 19.5. The van der Waals surface area contributed by atoms with Gasteiger partial charge in [0.2, 0.25) is 5.91 Å². The predicted octanol–water partition coefficient (Wildman–Crippen LogP) is 2.19. The largest absolute Gasteiger partial charge is 0.496 e. The number of rotatable bonds is 4. The van der Waals surface area contributed by atoms with Crippen molar-refractivity contribution in [1.29, 1.82) is 0 Å². The Morgan fingerprint density at radius 3 is 2.79 bits per heavy atom. The highest BCUT2D eigenvalue weighted by Gasteiger charge is 2.25. The Morgan fingerprint density at radius 1 is 1.25 bits per heavy atom. The van der Waals surface area contributed by atoms with E-state index in [0.29, 0.717) is 13.1 Å². The highest BCUT2D eigenvalue weighted by Crippen LogP contribution is 2.35. The SMILES string of the molecule is COc1cc2c(cc1/C=C/C(=O)N1CCN(c3cccc[nH+]3)CC1)O[C@@H](C)C2. The maximum Gasteiger partial charge on any atom is 0.274 e. The molecule has 1 atom stereocenters. The number of fused-ring (bicyclic) bond motifs is 1. The molecule has 0 spiro atoms. The van der Waals surface area contributed by atoms with Gasteiger partial charge in [-0.2, -0.15) is 0 Å². The average molecular weight is 380 g/mol. The lowest BCUT2D eigenvalue weighted by molar-refractivity contribution is -0.364. The smallest absolute Gasteiger partial charge is 0.274 e. The molecule has 146 valence electrons. The molecule has 0 bridgehead atoms. The maximum atomic E-state index is 12.6. The number of amides is 1. The molecule has 0 saturated carbocycles. The van der Waals surface area contributed by atoms with Crippen molar-refractivity contribution in [3.63, 3.8) is 0 Å². The molecule has 3 heterocycles. The van der Waals surface area contributed by atoms with Crippen LogP contribution in [0.5, 0.6) is 11.5 Å². The molecule has 6 nitrogen and oxygen atoms in total. The normalized spacial score (nSPS) is 18.9. The van der Waals surface area contributed by atoms with Crippen molar-refractivity contribution < 1.29 is 19.3 Å². The van der Waals surface area contributed by atoms with E-state index in [2.05, 4.69) is 22.9 Å². The number of hydrogen-bond donors (Lipinski definition) is 0. The summed E-state index contributed by atoms with van der Waals surface area (Å²) in [6, 6.07) is 10.0. The van der Waals surface area contributed by atoms with Crippen molar-refractivity contribution in [3.05, 3.63) is 53.7 Å². The standard InChI is InChI=1S/C22H25N3O3/c1-16-13-18-15-19(27-2)17(14-20(18)28-16)6-7-22(26)25-11-9-24(10-12-25)21-5-3-4-8-23-21/h3-8,14-16H,9-13H2,1-2H3/p+1/b7-6+/t16-/m0/s1. The van der Waals surface area contributed by atoms with Crippen LogP contribution < -0.4 is 19.4 Å². The van der Waals surface area contributed by atoms with Gasteiger partial charge in [0.15, 0.2) is 0 Å². The Labute approximate surface area is 165 Å². The summed E-state index contributed by atoms with van der Waals surface area (Å²) in [5, 5.41) is 0. The number of aromatic nitrogens is 1. The van der Waals surface area contributed by atoms with E-state index in [0.717, 1.165) is 48.0 Å². The summed E-state index contributed by atoms with van der Waals surface area (Å²) in [6.07, 6.45) is 6.44. The molecule has 2 aliphatic rings.